The SMILES string of the molecule is CCNc1nc(SC)ncc1C(C=O)c1c(Cl)cccc1Cl. The molecule has 0 spiro atoms. The Hall–Kier alpha value is -1.30. The first kappa shape index (κ1) is 17.1. The van der Waals surface area contributed by atoms with Gasteiger partial charge in [0.25, 0.3) is 0 Å². The van der Waals surface area contributed by atoms with Crippen LogP contribution in [0.5, 0.6) is 0 Å². The molecule has 22 heavy (non-hydrogen) atoms. The number of hydrogen-bond acceptors (Lipinski definition) is 5. The summed E-state index contributed by atoms with van der Waals surface area (Å²) in [5.74, 6) is 0.00101. The maximum absolute atomic E-state index is 11.7. The molecular formula is C15H15Cl2N3OS. The Morgan fingerprint density at radius 2 is 2.05 bits per heavy atom. The highest BCUT2D eigenvalue weighted by Gasteiger charge is 2.23. The summed E-state index contributed by atoms with van der Waals surface area (Å²) in [4.78, 5) is 20.4. The molecule has 0 fully saturated rings. The number of halogens is 2. The molecule has 0 saturated carbocycles. The van der Waals surface area contributed by atoms with Crippen LogP contribution in [0.15, 0.2) is 29.6 Å². The first-order chi connectivity index (χ1) is 10.6. The summed E-state index contributed by atoms with van der Waals surface area (Å²) in [6, 6.07) is 5.17. The van der Waals surface area contributed by atoms with Crippen LogP contribution in [0.3, 0.4) is 0 Å². The molecule has 0 aliphatic rings. The summed E-state index contributed by atoms with van der Waals surface area (Å²) in [7, 11) is 0. The molecule has 116 valence electrons. The highest BCUT2D eigenvalue weighted by atomic mass is 35.5. The minimum absolute atomic E-state index is 0.445. The summed E-state index contributed by atoms with van der Waals surface area (Å²) in [6.07, 6.45) is 4.35. The molecule has 4 nitrogen and oxygen atoms in total. The number of nitrogens with one attached hydrogen (secondary N) is 1. The van der Waals surface area contributed by atoms with Crippen molar-refractivity contribution >= 4 is 47.1 Å². The second-order valence-corrected chi connectivity index (χ2v) is 6.03. The number of nitrogens with zero attached hydrogens (tertiary/aromatic N) is 2. The Labute approximate surface area is 143 Å². The van der Waals surface area contributed by atoms with E-state index in [-0.39, 0.29) is 0 Å². The van der Waals surface area contributed by atoms with Gasteiger partial charge < -0.3 is 10.1 Å². The van der Waals surface area contributed by atoms with Crippen LogP contribution in [0, 0.1) is 0 Å². The minimum atomic E-state index is -0.619. The molecule has 7 heteroatoms. The Morgan fingerprint density at radius 3 is 2.59 bits per heavy atom. The zero-order chi connectivity index (χ0) is 16.1. The highest BCUT2D eigenvalue weighted by molar-refractivity contribution is 7.98. The van der Waals surface area contributed by atoms with E-state index in [9.17, 15) is 4.79 Å². The summed E-state index contributed by atoms with van der Waals surface area (Å²) >= 11 is 13.9. The zero-order valence-corrected chi connectivity index (χ0v) is 14.5. The summed E-state index contributed by atoms with van der Waals surface area (Å²) < 4.78 is 0. The lowest BCUT2D eigenvalue weighted by atomic mass is 9.93. The van der Waals surface area contributed by atoms with E-state index in [4.69, 9.17) is 23.2 Å². The number of thioether (sulfide) groups is 1. The standard InChI is InChI=1S/C15H15Cl2N3OS/c1-3-18-14-9(7-19-15(20-14)22-2)10(8-21)13-11(16)5-4-6-12(13)17/h4-8,10H,3H2,1-2H3,(H,18,19,20). The molecule has 2 aromatic rings. The van der Waals surface area contributed by atoms with Crippen molar-refractivity contribution < 1.29 is 4.79 Å². The Kier molecular flexibility index (Phi) is 6.06. The predicted octanol–water partition coefficient (Wildman–Crippen LogP) is 4.27. The molecular weight excluding hydrogens is 341 g/mol. The lowest BCUT2D eigenvalue weighted by Gasteiger charge is -2.18. The maximum atomic E-state index is 11.7. The smallest absolute Gasteiger partial charge is 0.189 e. The zero-order valence-electron chi connectivity index (χ0n) is 12.1. The van der Waals surface area contributed by atoms with Crippen LogP contribution in [0.1, 0.15) is 24.0 Å². The fourth-order valence-corrected chi connectivity index (χ4v) is 3.09. The van der Waals surface area contributed by atoms with Crippen molar-refractivity contribution in [3.8, 4) is 0 Å². The third-order valence-electron chi connectivity index (χ3n) is 3.10. The molecule has 0 aliphatic heterocycles. The third-order valence-corrected chi connectivity index (χ3v) is 4.32. The van der Waals surface area contributed by atoms with Gasteiger partial charge in [0, 0.05) is 33.9 Å². The topological polar surface area (TPSA) is 54.9 Å². The van der Waals surface area contributed by atoms with Gasteiger partial charge >= 0.3 is 0 Å². The van der Waals surface area contributed by atoms with Crippen molar-refractivity contribution in [2.75, 3.05) is 18.1 Å². The molecule has 0 saturated heterocycles. The average Bonchev–Trinajstić information content (AvgIpc) is 2.52. The van der Waals surface area contributed by atoms with Gasteiger partial charge in [0.1, 0.15) is 12.1 Å². The predicted molar refractivity (Wildman–Crippen MR) is 92.3 cm³/mol. The largest absolute Gasteiger partial charge is 0.370 e. The summed E-state index contributed by atoms with van der Waals surface area (Å²) in [5, 5.41) is 4.69. The van der Waals surface area contributed by atoms with Gasteiger partial charge in [-0.2, -0.15) is 0 Å². The lowest BCUT2D eigenvalue weighted by molar-refractivity contribution is -0.108. The van der Waals surface area contributed by atoms with Gasteiger partial charge in [-0.1, -0.05) is 41.0 Å². The number of anilines is 1. The van der Waals surface area contributed by atoms with E-state index in [0.717, 1.165) is 6.29 Å². The van der Waals surface area contributed by atoms with Crippen LogP contribution in [0.4, 0.5) is 5.82 Å². The number of carbonyl (C=O) groups excluding carboxylic acids is 1. The number of aldehydes is 1. The number of carbonyl (C=O) groups is 1. The van der Waals surface area contributed by atoms with Crippen molar-refractivity contribution in [2.45, 2.75) is 18.0 Å². The normalized spacial score (nSPS) is 12.0. The molecule has 0 aliphatic carbocycles. The minimum Gasteiger partial charge on any atom is -0.370 e. The van der Waals surface area contributed by atoms with Crippen molar-refractivity contribution in [2.24, 2.45) is 0 Å². The van der Waals surface area contributed by atoms with Gasteiger partial charge in [-0.15, -0.1) is 0 Å². The Bertz CT molecular complexity index is 662. The molecule has 1 aromatic heterocycles. The fraction of sp³-hybridized carbons (Fsp3) is 0.267. The Morgan fingerprint density at radius 1 is 1.36 bits per heavy atom. The second kappa shape index (κ2) is 7.81. The van der Waals surface area contributed by atoms with Crippen molar-refractivity contribution in [3.05, 3.63) is 45.6 Å². The monoisotopic (exact) mass is 355 g/mol. The average molecular weight is 356 g/mol. The molecule has 2 rings (SSSR count). The van der Waals surface area contributed by atoms with Crippen molar-refractivity contribution in [1.82, 2.24) is 9.97 Å². The van der Waals surface area contributed by atoms with E-state index >= 15 is 0 Å². The molecule has 1 atom stereocenters. The van der Waals surface area contributed by atoms with E-state index in [1.165, 1.54) is 11.8 Å². The van der Waals surface area contributed by atoms with E-state index in [1.807, 2.05) is 13.2 Å². The van der Waals surface area contributed by atoms with E-state index in [2.05, 4.69) is 15.3 Å². The van der Waals surface area contributed by atoms with Gasteiger partial charge in [-0.25, -0.2) is 9.97 Å². The molecule has 1 heterocycles. The Balaban J connectivity index is 2.58. The quantitative estimate of drug-likeness (QED) is 0.476. The number of aromatic nitrogens is 2. The van der Waals surface area contributed by atoms with Crippen molar-refractivity contribution in [3.63, 3.8) is 0 Å². The van der Waals surface area contributed by atoms with Gasteiger partial charge in [0.2, 0.25) is 0 Å². The fourth-order valence-electron chi connectivity index (χ4n) is 2.11. The van der Waals surface area contributed by atoms with Gasteiger partial charge in [-0.05, 0) is 25.3 Å². The van der Waals surface area contributed by atoms with Crippen LogP contribution in [0.25, 0.3) is 0 Å². The number of benzene rings is 1. The summed E-state index contributed by atoms with van der Waals surface area (Å²) in [5.41, 5.74) is 1.23. The number of hydrogen-bond donors (Lipinski definition) is 1. The highest BCUT2D eigenvalue weighted by Crippen LogP contribution is 2.36. The van der Waals surface area contributed by atoms with E-state index < -0.39 is 5.92 Å². The van der Waals surface area contributed by atoms with Crippen LogP contribution < -0.4 is 5.32 Å². The van der Waals surface area contributed by atoms with Gasteiger partial charge in [0.15, 0.2) is 5.16 Å². The molecule has 1 N–H and O–H groups in total. The van der Waals surface area contributed by atoms with Gasteiger partial charge in [0.05, 0.1) is 5.92 Å². The van der Waals surface area contributed by atoms with Crippen LogP contribution in [0.2, 0.25) is 10.0 Å². The van der Waals surface area contributed by atoms with Crippen LogP contribution in [-0.2, 0) is 4.79 Å². The number of rotatable bonds is 6. The first-order valence-electron chi connectivity index (χ1n) is 6.66. The van der Waals surface area contributed by atoms with Crippen LogP contribution >= 0.6 is 35.0 Å². The molecule has 0 radical (unpaired) electrons. The first-order valence-corrected chi connectivity index (χ1v) is 8.64. The van der Waals surface area contributed by atoms with Crippen LogP contribution in [-0.4, -0.2) is 29.1 Å². The van der Waals surface area contributed by atoms with E-state index in [1.54, 1.807) is 24.4 Å². The molecule has 1 aromatic carbocycles. The van der Waals surface area contributed by atoms with E-state index in [0.29, 0.717) is 38.7 Å². The summed E-state index contributed by atoms with van der Waals surface area (Å²) in [6.45, 7) is 2.64. The molecule has 0 amide bonds. The second-order valence-electron chi connectivity index (χ2n) is 4.44. The van der Waals surface area contributed by atoms with Crippen molar-refractivity contribution in [1.29, 1.82) is 0 Å². The van der Waals surface area contributed by atoms with Gasteiger partial charge in [-0.3, -0.25) is 0 Å². The lowest BCUT2D eigenvalue weighted by Crippen LogP contribution is -2.12. The molecule has 0 bridgehead atoms. The molecule has 1 unspecified atom stereocenters. The third kappa shape index (κ3) is 3.54. The maximum Gasteiger partial charge on any atom is 0.189 e.